The maximum absolute atomic E-state index is 12.5. The molecule has 0 aromatic carbocycles. The number of piperidine rings is 1. The van der Waals surface area contributed by atoms with Crippen LogP contribution in [0.5, 0.6) is 0 Å². The molecule has 24 heavy (non-hydrogen) atoms. The Labute approximate surface area is 141 Å². The number of nitrogens with zero attached hydrogens (tertiary/aromatic N) is 4. The molecule has 1 atom stereocenters. The van der Waals surface area contributed by atoms with Gasteiger partial charge >= 0.3 is 0 Å². The van der Waals surface area contributed by atoms with E-state index in [1.165, 1.54) is 0 Å². The van der Waals surface area contributed by atoms with Crippen LogP contribution in [0, 0.1) is 18.8 Å². The first-order valence-corrected chi connectivity index (χ1v) is 8.49. The van der Waals surface area contributed by atoms with Gasteiger partial charge in [-0.25, -0.2) is 4.98 Å². The van der Waals surface area contributed by atoms with Gasteiger partial charge in [0, 0.05) is 51.4 Å². The van der Waals surface area contributed by atoms with Crippen LogP contribution in [0.1, 0.15) is 24.8 Å². The lowest BCUT2D eigenvalue weighted by Crippen LogP contribution is -2.43. The molecule has 1 aromatic heterocycles. The van der Waals surface area contributed by atoms with Crippen LogP contribution < -0.4 is 5.56 Å². The van der Waals surface area contributed by atoms with Crippen molar-refractivity contribution in [3.05, 3.63) is 28.4 Å². The van der Waals surface area contributed by atoms with Crippen LogP contribution in [0.15, 0.2) is 17.3 Å². The van der Waals surface area contributed by atoms with Gasteiger partial charge in [-0.15, -0.1) is 0 Å². The Morgan fingerprint density at radius 3 is 2.62 bits per heavy atom. The second-order valence-electron chi connectivity index (χ2n) is 6.98. The van der Waals surface area contributed by atoms with Gasteiger partial charge in [0.05, 0.1) is 12.2 Å². The number of carbonyl (C=O) groups is 2. The topological polar surface area (TPSA) is 75.5 Å². The number of carbonyl (C=O) groups excluding carboxylic acids is 2. The summed E-state index contributed by atoms with van der Waals surface area (Å²) >= 11 is 0. The predicted molar refractivity (Wildman–Crippen MR) is 88.3 cm³/mol. The molecule has 0 saturated carbocycles. The predicted octanol–water partition coefficient (Wildman–Crippen LogP) is 0.269. The molecule has 2 aliphatic rings. The first-order chi connectivity index (χ1) is 11.5. The average molecular weight is 332 g/mol. The van der Waals surface area contributed by atoms with Crippen molar-refractivity contribution in [2.45, 2.75) is 32.7 Å². The van der Waals surface area contributed by atoms with Gasteiger partial charge in [0.15, 0.2) is 0 Å². The third kappa shape index (κ3) is 3.34. The fourth-order valence-corrected chi connectivity index (χ4v) is 3.59. The maximum Gasteiger partial charge on any atom is 0.256 e. The normalized spacial score (nSPS) is 22.2. The zero-order chi connectivity index (χ0) is 17.3. The first kappa shape index (κ1) is 16.7. The summed E-state index contributed by atoms with van der Waals surface area (Å²) in [4.78, 5) is 43.8. The van der Waals surface area contributed by atoms with Gasteiger partial charge < -0.3 is 9.80 Å². The summed E-state index contributed by atoms with van der Waals surface area (Å²) in [5.74, 6) is 0.334. The summed E-state index contributed by atoms with van der Waals surface area (Å²) in [6, 6.07) is 0. The van der Waals surface area contributed by atoms with E-state index in [0.717, 1.165) is 12.8 Å². The summed E-state index contributed by atoms with van der Waals surface area (Å²) in [5, 5.41) is 0. The Morgan fingerprint density at radius 1 is 1.29 bits per heavy atom. The van der Waals surface area contributed by atoms with Crippen LogP contribution in [-0.4, -0.2) is 57.8 Å². The van der Waals surface area contributed by atoms with Gasteiger partial charge in [0.2, 0.25) is 11.8 Å². The molecule has 2 saturated heterocycles. The smallest absolute Gasteiger partial charge is 0.256 e. The van der Waals surface area contributed by atoms with Gasteiger partial charge in [-0.05, 0) is 25.7 Å². The second kappa shape index (κ2) is 6.75. The fraction of sp³-hybridized carbons (Fsp3) is 0.647. The van der Waals surface area contributed by atoms with E-state index in [1.54, 1.807) is 36.0 Å². The number of hydrogen-bond acceptors (Lipinski definition) is 4. The maximum atomic E-state index is 12.5. The van der Waals surface area contributed by atoms with E-state index in [-0.39, 0.29) is 23.3 Å². The van der Waals surface area contributed by atoms with Crippen LogP contribution in [0.2, 0.25) is 0 Å². The van der Waals surface area contributed by atoms with Crippen molar-refractivity contribution in [3.8, 4) is 0 Å². The van der Waals surface area contributed by atoms with Gasteiger partial charge in [-0.2, -0.15) is 0 Å². The number of rotatable bonds is 3. The van der Waals surface area contributed by atoms with E-state index in [2.05, 4.69) is 4.98 Å². The number of hydrogen-bond donors (Lipinski definition) is 0. The molecular formula is C17H24N4O3. The molecule has 0 N–H and O–H groups in total. The van der Waals surface area contributed by atoms with Crippen LogP contribution in [0.25, 0.3) is 0 Å². The summed E-state index contributed by atoms with van der Waals surface area (Å²) in [6.07, 6.45) is 5.26. The van der Waals surface area contributed by atoms with Crippen molar-refractivity contribution in [1.82, 2.24) is 19.4 Å². The highest BCUT2D eigenvalue weighted by Gasteiger charge is 2.35. The van der Waals surface area contributed by atoms with Crippen molar-refractivity contribution in [1.29, 1.82) is 0 Å². The highest BCUT2D eigenvalue weighted by Crippen LogP contribution is 2.23. The average Bonchev–Trinajstić information content (AvgIpc) is 2.91. The molecule has 0 bridgehead atoms. The molecule has 3 heterocycles. The molecule has 7 nitrogen and oxygen atoms in total. The zero-order valence-electron chi connectivity index (χ0n) is 14.3. The van der Waals surface area contributed by atoms with E-state index in [4.69, 9.17) is 0 Å². The third-order valence-corrected chi connectivity index (χ3v) is 5.14. The Balaban J connectivity index is 1.54. The highest BCUT2D eigenvalue weighted by atomic mass is 16.2. The van der Waals surface area contributed by atoms with E-state index in [9.17, 15) is 14.4 Å². The lowest BCUT2D eigenvalue weighted by Gasteiger charge is -2.33. The highest BCUT2D eigenvalue weighted by molar-refractivity contribution is 5.89. The van der Waals surface area contributed by atoms with Crippen molar-refractivity contribution in [3.63, 3.8) is 0 Å². The number of aryl methyl sites for hydroxylation is 1. The molecule has 130 valence electrons. The Kier molecular flexibility index (Phi) is 4.69. The van der Waals surface area contributed by atoms with Gasteiger partial charge in [0.1, 0.15) is 0 Å². The van der Waals surface area contributed by atoms with Crippen LogP contribution in [-0.2, 0) is 16.1 Å². The first-order valence-electron chi connectivity index (χ1n) is 8.49. The minimum Gasteiger partial charge on any atom is -0.345 e. The van der Waals surface area contributed by atoms with E-state index in [0.29, 0.717) is 44.1 Å². The van der Waals surface area contributed by atoms with E-state index in [1.807, 2.05) is 4.90 Å². The van der Waals surface area contributed by atoms with Crippen molar-refractivity contribution >= 4 is 11.8 Å². The Morgan fingerprint density at radius 2 is 2.00 bits per heavy atom. The Bertz CT molecular complexity index is 691. The number of likely N-dealkylation sites (tertiary alicyclic amines) is 2. The molecule has 2 aliphatic heterocycles. The number of aromatic nitrogens is 2. The molecule has 1 aromatic rings. The lowest BCUT2D eigenvalue weighted by atomic mass is 9.95. The van der Waals surface area contributed by atoms with Crippen LogP contribution >= 0.6 is 0 Å². The molecule has 0 spiro atoms. The van der Waals surface area contributed by atoms with Crippen molar-refractivity contribution in [2.75, 3.05) is 26.7 Å². The molecular weight excluding hydrogens is 308 g/mol. The van der Waals surface area contributed by atoms with Crippen LogP contribution in [0.3, 0.4) is 0 Å². The summed E-state index contributed by atoms with van der Waals surface area (Å²) in [6.45, 7) is 4.35. The fourth-order valence-electron chi connectivity index (χ4n) is 3.59. The Hall–Kier alpha value is -2.18. The largest absolute Gasteiger partial charge is 0.345 e. The minimum absolute atomic E-state index is 0.0102. The summed E-state index contributed by atoms with van der Waals surface area (Å²) in [5.41, 5.74) is 0.663. The lowest BCUT2D eigenvalue weighted by molar-refractivity contribution is -0.137. The number of amides is 2. The van der Waals surface area contributed by atoms with Crippen molar-refractivity contribution in [2.24, 2.45) is 11.8 Å². The standard InChI is InChI=1S/C17H24N4O3/c1-12-8-18-11-21(16(12)23)9-13-3-5-20(6-4-13)17(24)14-7-15(22)19(2)10-14/h8,11,13-14H,3-7,9-10H2,1-2H3. The molecule has 0 radical (unpaired) electrons. The molecule has 7 heteroatoms. The minimum atomic E-state index is -0.192. The molecule has 2 fully saturated rings. The monoisotopic (exact) mass is 332 g/mol. The van der Waals surface area contributed by atoms with Crippen molar-refractivity contribution < 1.29 is 9.59 Å². The molecule has 2 amide bonds. The van der Waals surface area contributed by atoms with E-state index >= 15 is 0 Å². The third-order valence-electron chi connectivity index (χ3n) is 5.14. The van der Waals surface area contributed by atoms with Gasteiger partial charge in [-0.3, -0.25) is 19.0 Å². The SMILES string of the molecule is Cc1cncn(CC2CCN(C(=O)C3CC(=O)N(C)C3)CC2)c1=O. The van der Waals surface area contributed by atoms with Gasteiger partial charge in [0.25, 0.3) is 5.56 Å². The molecule has 0 aliphatic carbocycles. The quantitative estimate of drug-likeness (QED) is 0.796. The molecule has 3 rings (SSSR count). The second-order valence-corrected chi connectivity index (χ2v) is 6.98. The zero-order valence-corrected chi connectivity index (χ0v) is 14.3. The summed E-state index contributed by atoms with van der Waals surface area (Å²) < 4.78 is 1.67. The van der Waals surface area contributed by atoms with Crippen LogP contribution in [0.4, 0.5) is 0 Å². The molecule has 1 unspecified atom stereocenters. The van der Waals surface area contributed by atoms with E-state index < -0.39 is 0 Å². The van der Waals surface area contributed by atoms with Gasteiger partial charge in [-0.1, -0.05) is 0 Å². The summed E-state index contributed by atoms with van der Waals surface area (Å²) in [7, 11) is 1.75.